The quantitative estimate of drug-likeness (QED) is 0.324. The van der Waals surface area contributed by atoms with Crippen LogP contribution in [0.3, 0.4) is 0 Å². The van der Waals surface area contributed by atoms with Gasteiger partial charge in [0, 0.05) is 25.9 Å². The van der Waals surface area contributed by atoms with Gasteiger partial charge < -0.3 is 10.0 Å². The van der Waals surface area contributed by atoms with Crippen molar-refractivity contribution in [2.24, 2.45) is 0 Å². The molecular weight excluding hydrogens is 326 g/mol. The fourth-order valence-corrected chi connectivity index (χ4v) is 3.80. The zero-order valence-electron chi connectivity index (χ0n) is 16.9. The molecule has 0 unspecified atom stereocenters. The van der Waals surface area contributed by atoms with E-state index in [4.69, 9.17) is 5.11 Å². The molecule has 0 spiro atoms. The lowest BCUT2D eigenvalue weighted by atomic mass is 10.0. The van der Waals surface area contributed by atoms with Gasteiger partial charge >= 0.3 is 5.97 Å². The van der Waals surface area contributed by atoms with E-state index in [2.05, 4.69) is 0 Å². The molecule has 0 aliphatic carbocycles. The van der Waals surface area contributed by atoms with Crippen LogP contribution in [0.2, 0.25) is 0 Å². The molecule has 0 aromatic rings. The second-order valence-electron chi connectivity index (χ2n) is 7.93. The third kappa shape index (κ3) is 13.2. The second kappa shape index (κ2) is 16.1. The topological polar surface area (TPSA) is 57.6 Å². The van der Waals surface area contributed by atoms with E-state index in [0.717, 1.165) is 38.8 Å². The van der Waals surface area contributed by atoms with Gasteiger partial charge in [-0.15, -0.1) is 0 Å². The fraction of sp³-hybridized carbons (Fsp3) is 0.909. The summed E-state index contributed by atoms with van der Waals surface area (Å²) in [6.45, 7) is 1.98. The molecule has 26 heavy (non-hydrogen) atoms. The molecule has 0 bridgehead atoms. The Bertz CT molecular complexity index is 364. The van der Waals surface area contributed by atoms with E-state index in [1.165, 1.54) is 83.5 Å². The second-order valence-corrected chi connectivity index (χ2v) is 7.93. The van der Waals surface area contributed by atoms with E-state index in [9.17, 15) is 9.59 Å². The maximum Gasteiger partial charge on any atom is 0.303 e. The molecule has 1 N–H and O–H groups in total. The molecule has 1 aliphatic rings. The van der Waals surface area contributed by atoms with Gasteiger partial charge in [-0.05, 0) is 25.7 Å². The Balaban J connectivity index is 1.70. The van der Waals surface area contributed by atoms with Crippen molar-refractivity contribution in [1.29, 1.82) is 0 Å². The van der Waals surface area contributed by atoms with E-state index in [0.29, 0.717) is 12.3 Å². The monoisotopic (exact) mass is 367 g/mol. The maximum absolute atomic E-state index is 11.9. The first-order valence-electron chi connectivity index (χ1n) is 11.2. The van der Waals surface area contributed by atoms with Crippen molar-refractivity contribution >= 4 is 11.9 Å². The molecule has 1 amide bonds. The van der Waals surface area contributed by atoms with Crippen LogP contribution < -0.4 is 0 Å². The van der Waals surface area contributed by atoms with Gasteiger partial charge in [-0.2, -0.15) is 0 Å². The predicted octanol–water partition coefficient (Wildman–Crippen LogP) is 5.94. The van der Waals surface area contributed by atoms with Crippen LogP contribution in [0.4, 0.5) is 0 Å². The molecule has 0 saturated carbocycles. The van der Waals surface area contributed by atoms with Crippen LogP contribution in [-0.2, 0) is 9.59 Å². The zero-order valence-corrected chi connectivity index (χ0v) is 16.9. The highest BCUT2D eigenvalue weighted by Gasteiger charge is 2.16. The summed E-state index contributed by atoms with van der Waals surface area (Å²) in [7, 11) is 0. The van der Waals surface area contributed by atoms with Crippen LogP contribution in [0.1, 0.15) is 116 Å². The van der Waals surface area contributed by atoms with Gasteiger partial charge in [-0.25, -0.2) is 0 Å². The molecule has 1 heterocycles. The number of unbranched alkanes of at least 4 members (excludes halogenated alkanes) is 13. The number of amides is 1. The molecule has 1 fully saturated rings. The van der Waals surface area contributed by atoms with Crippen LogP contribution >= 0.6 is 0 Å². The standard InChI is InChI=1S/C22H41NO3/c24-21(23-19-15-16-20-23)17-13-11-9-7-5-3-1-2-4-6-8-10-12-14-18-22(25)26/h1-20H2,(H,25,26). The SMILES string of the molecule is O=C(O)CCCCCCCCCCCCCCCCC(=O)N1CCCC1. The lowest BCUT2D eigenvalue weighted by Gasteiger charge is -2.14. The van der Waals surface area contributed by atoms with E-state index in [1.54, 1.807) is 0 Å². The molecule has 1 saturated heterocycles. The van der Waals surface area contributed by atoms with Gasteiger partial charge in [0.2, 0.25) is 5.91 Å². The summed E-state index contributed by atoms with van der Waals surface area (Å²) < 4.78 is 0. The number of hydrogen-bond acceptors (Lipinski definition) is 2. The van der Waals surface area contributed by atoms with Crippen LogP contribution in [0.25, 0.3) is 0 Å². The minimum atomic E-state index is -0.666. The summed E-state index contributed by atoms with van der Waals surface area (Å²) in [5, 5.41) is 8.56. The van der Waals surface area contributed by atoms with E-state index >= 15 is 0 Å². The molecule has 4 heteroatoms. The van der Waals surface area contributed by atoms with Crippen LogP contribution in [0.15, 0.2) is 0 Å². The highest BCUT2D eigenvalue weighted by Crippen LogP contribution is 2.15. The number of nitrogens with zero attached hydrogens (tertiary/aromatic N) is 1. The van der Waals surface area contributed by atoms with Crippen molar-refractivity contribution in [2.45, 2.75) is 116 Å². The molecule has 152 valence electrons. The first-order valence-corrected chi connectivity index (χ1v) is 11.2. The van der Waals surface area contributed by atoms with E-state index < -0.39 is 5.97 Å². The molecule has 0 aromatic heterocycles. The molecule has 0 atom stereocenters. The third-order valence-electron chi connectivity index (χ3n) is 5.49. The Morgan fingerprint density at radius 1 is 0.577 bits per heavy atom. The van der Waals surface area contributed by atoms with Gasteiger partial charge in [0.05, 0.1) is 0 Å². The summed E-state index contributed by atoms with van der Waals surface area (Å²) in [6, 6.07) is 0. The number of carbonyl (C=O) groups excluding carboxylic acids is 1. The summed E-state index contributed by atoms with van der Waals surface area (Å²) in [4.78, 5) is 24.3. The van der Waals surface area contributed by atoms with Crippen molar-refractivity contribution < 1.29 is 14.7 Å². The fourth-order valence-electron chi connectivity index (χ4n) is 3.80. The number of carboxylic acids is 1. The molecule has 0 radical (unpaired) electrons. The van der Waals surface area contributed by atoms with Crippen molar-refractivity contribution in [3.05, 3.63) is 0 Å². The number of hydrogen-bond donors (Lipinski definition) is 1. The van der Waals surface area contributed by atoms with Crippen LogP contribution in [0, 0.1) is 0 Å². The molecule has 1 aliphatic heterocycles. The van der Waals surface area contributed by atoms with Crippen molar-refractivity contribution in [1.82, 2.24) is 4.90 Å². The summed E-state index contributed by atoms with van der Waals surface area (Å²) in [5.74, 6) is -0.287. The molecule has 1 rings (SSSR count). The van der Waals surface area contributed by atoms with Crippen LogP contribution in [-0.4, -0.2) is 35.0 Å². The number of likely N-dealkylation sites (tertiary alicyclic amines) is 1. The van der Waals surface area contributed by atoms with Crippen molar-refractivity contribution in [3.63, 3.8) is 0 Å². The van der Waals surface area contributed by atoms with Gasteiger partial charge in [0.25, 0.3) is 0 Å². The van der Waals surface area contributed by atoms with Gasteiger partial charge in [-0.1, -0.05) is 77.0 Å². The largest absolute Gasteiger partial charge is 0.481 e. The predicted molar refractivity (Wildman–Crippen MR) is 107 cm³/mol. The van der Waals surface area contributed by atoms with Gasteiger partial charge in [0.1, 0.15) is 0 Å². The Morgan fingerprint density at radius 3 is 1.31 bits per heavy atom. The molecule has 4 nitrogen and oxygen atoms in total. The minimum absolute atomic E-state index is 0.328. The summed E-state index contributed by atoms with van der Waals surface area (Å²) >= 11 is 0. The highest BCUT2D eigenvalue weighted by atomic mass is 16.4. The number of rotatable bonds is 17. The third-order valence-corrected chi connectivity index (χ3v) is 5.49. The first-order chi connectivity index (χ1) is 12.7. The van der Waals surface area contributed by atoms with E-state index in [1.807, 2.05) is 4.90 Å². The average Bonchev–Trinajstić information content (AvgIpc) is 3.15. The molecular formula is C22H41NO3. The van der Waals surface area contributed by atoms with Gasteiger partial charge in [0.15, 0.2) is 0 Å². The van der Waals surface area contributed by atoms with Gasteiger partial charge in [-0.3, -0.25) is 9.59 Å². The Kier molecular flexibility index (Phi) is 14.3. The lowest BCUT2D eigenvalue weighted by molar-refractivity contribution is -0.137. The van der Waals surface area contributed by atoms with E-state index in [-0.39, 0.29) is 0 Å². The van der Waals surface area contributed by atoms with Crippen LogP contribution in [0.5, 0.6) is 0 Å². The lowest BCUT2D eigenvalue weighted by Crippen LogP contribution is -2.27. The first kappa shape index (κ1) is 23.0. The van der Waals surface area contributed by atoms with Crippen molar-refractivity contribution in [2.75, 3.05) is 13.1 Å². The minimum Gasteiger partial charge on any atom is -0.481 e. The molecule has 0 aromatic carbocycles. The smallest absolute Gasteiger partial charge is 0.303 e. The zero-order chi connectivity index (χ0) is 18.9. The normalized spacial score (nSPS) is 14.1. The van der Waals surface area contributed by atoms with Crippen molar-refractivity contribution in [3.8, 4) is 0 Å². The number of carboxylic acid groups (broad SMARTS) is 1. The Hall–Kier alpha value is -1.06. The summed E-state index contributed by atoms with van der Waals surface area (Å²) in [6.07, 6.45) is 20.7. The maximum atomic E-state index is 11.9. The summed E-state index contributed by atoms with van der Waals surface area (Å²) in [5.41, 5.74) is 0. The highest BCUT2D eigenvalue weighted by molar-refractivity contribution is 5.76. The Labute approximate surface area is 160 Å². The Morgan fingerprint density at radius 2 is 0.923 bits per heavy atom. The number of carbonyl (C=O) groups is 2. The number of aliphatic carboxylic acids is 1. The average molecular weight is 368 g/mol.